The van der Waals surface area contributed by atoms with E-state index >= 15 is 0 Å². The monoisotopic (exact) mass is 368 g/mol. The van der Waals surface area contributed by atoms with Gasteiger partial charge in [-0.15, -0.1) is 0 Å². The van der Waals surface area contributed by atoms with Gasteiger partial charge in [-0.3, -0.25) is 18.9 Å². The molecule has 4 rings (SSSR count). The molecule has 6 heteroatoms. The molecule has 27 heavy (non-hydrogen) atoms. The summed E-state index contributed by atoms with van der Waals surface area (Å²) in [4.78, 5) is 34.5. The Morgan fingerprint density at radius 3 is 2.78 bits per heavy atom. The molecule has 2 fully saturated rings. The Morgan fingerprint density at radius 1 is 1.19 bits per heavy atom. The van der Waals surface area contributed by atoms with E-state index in [1.165, 1.54) is 0 Å². The summed E-state index contributed by atoms with van der Waals surface area (Å²) in [5.74, 6) is 0.313. The minimum absolute atomic E-state index is 0.0522. The molecule has 0 aromatic carbocycles. The fraction of sp³-hybridized carbons (Fsp3) is 0.571. The van der Waals surface area contributed by atoms with Crippen LogP contribution in [0.1, 0.15) is 44.4 Å². The molecule has 4 heterocycles. The predicted octanol–water partition coefficient (Wildman–Crippen LogP) is 2.23. The number of carbonyl (C=O) groups is 1. The van der Waals surface area contributed by atoms with Crippen molar-refractivity contribution < 1.29 is 4.79 Å². The van der Waals surface area contributed by atoms with Gasteiger partial charge in [0.15, 0.2) is 0 Å². The lowest BCUT2D eigenvalue weighted by Gasteiger charge is -2.41. The molecule has 0 saturated carbocycles. The van der Waals surface area contributed by atoms with E-state index in [2.05, 4.69) is 23.7 Å². The van der Waals surface area contributed by atoms with Gasteiger partial charge in [-0.2, -0.15) is 0 Å². The molecule has 1 atom stereocenters. The average Bonchev–Trinajstić information content (AvgIpc) is 3.00. The molecule has 1 amide bonds. The van der Waals surface area contributed by atoms with E-state index in [1.54, 1.807) is 16.7 Å². The quantitative estimate of drug-likeness (QED) is 0.834. The Balaban J connectivity index is 1.54. The molecule has 0 bridgehead atoms. The molecule has 2 aliphatic rings. The number of carbonyl (C=O) groups excluding carboxylic acids is 1. The third kappa shape index (κ3) is 3.27. The van der Waals surface area contributed by atoms with E-state index in [1.807, 2.05) is 24.0 Å². The normalized spacial score (nSPS) is 23.9. The maximum Gasteiger partial charge on any atom is 0.258 e. The standard InChI is InChI=1S/C21H28N4O2/c1-15(2)24-8-4-6-21(20(24)27)7-10-23(14-21)13-17-12-19(26)25-9-5-16(3)11-18(25)22-17/h5,9,11-12,15H,4,6-8,10,13-14H2,1-3H3/t21-/m1/s1. The molecule has 0 radical (unpaired) electrons. The highest BCUT2D eigenvalue weighted by Crippen LogP contribution is 2.40. The van der Waals surface area contributed by atoms with Crippen molar-refractivity contribution in [3.8, 4) is 0 Å². The average molecular weight is 368 g/mol. The number of amides is 1. The van der Waals surface area contributed by atoms with E-state index in [4.69, 9.17) is 0 Å². The first-order valence-electron chi connectivity index (χ1n) is 9.90. The molecule has 2 aromatic heterocycles. The fourth-order valence-corrected chi connectivity index (χ4v) is 4.63. The van der Waals surface area contributed by atoms with Crippen LogP contribution in [0.4, 0.5) is 0 Å². The second-order valence-corrected chi connectivity index (χ2v) is 8.45. The van der Waals surface area contributed by atoms with Crippen molar-refractivity contribution in [2.75, 3.05) is 19.6 Å². The highest BCUT2D eigenvalue weighted by Gasteiger charge is 2.48. The predicted molar refractivity (Wildman–Crippen MR) is 105 cm³/mol. The van der Waals surface area contributed by atoms with Crippen molar-refractivity contribution in [3.63, 3.8) is 0 Å². The Bertz CT molecular complexity index is 935. The summed E-state index contributed by atoms with van der Waals surface area (Å²) in [6, 6.07) is 5.72. The largest absolute Gasteiger partial charge is 0.340 e. The van der Waals surface area contributed by atoms with E-state index < -0.39 is 0 Å². The van der Waals surface area contributed by atoms with Crippen molar-refractivity contribution in [3.05, 3.63) is 46.0 Å². The summed E-state index contributed by atoms with van der Waals surface area (Å²) in [5, 5.41) is 0. The lowest BCUT2D eigenvalue weighted by molar-refractivity contribution is -0.147. The van der Waals surface area contributed by atoms with Crippen LogP contribution >= 0.6 is 0 Å². The summed E-state index contributed by atoms with van der Waals surface area (Å²) in [6.45, 7) is 9.34. The molecule has 0 N–H and O–H groups in total. The van der Waals surface area contributed by atoms with Crippen LogP contribution in [-0.2, 0) is 11.3 Å². The molecular formula is C21H28N4O2. The first-order chi connectivity index (χ1) is 12.9. The van der Waals surface area contributed by atoms with Crippen molar-refractivity contribution in [1.29, 1.82) is 0 Å². The first kappa shape index (κ1) is 18.2. The van der Waals surface area contributed by atoms with Crippen LogP contribution in [0.15, 0.2) is 29.2 Å². The molecule has 0 unspecified atom stereocenters. The summed E-state index contributed by atoms with van der Waals surface area (Å²) in [7, 11) is 0. The highest BCUT2D eigenvalue weighted by atomic mass is 16.2. The number of hydrogen-bond acceptors (Lipinski definition) is 4. The zero-order valence-corrected chi connectivity index (χ0v) is 16.4. The van der Waals surface area contributed by atoms with Crippen LogP contribution in [-0.4, -0.2) is 50.8 Å². The number of pyridine rings is 1. The van der Waals surface area contributed by atoms with Crippen molar-refractivity contribution >= 4 is 11.6 Å². The molecule has 2 aliphatic heterocycles. The van der Waals surface area contributed by atoms with Gasteiger partial charge >= 0.3 is 0 Å². The maximum absolute atomic E-state index is 13.1. The van der Waals surface area contributed by atoms with Crippen LogP contribution in [0, 0.1) is 12.3 Å². The van der Waals surface area contributed by atoms with Crippen LogP contribution in [0.5, 0.6) is 0 Å². The molecule has 144 valence electrons. The fourth-order valence-electron chi connectivity index (χ4n) is 4.63. The molecule has 1 spiro atoms. The smallest absolute Gasteiger partial charge is 0.258 e. The lowest BCUT2D eigenvalue weighted by Crippen LogP contribution is -2.52. The minimum atomic E-state index is -0.245. The molecular weight excluding hydrogens is 340 g/mol. The molecule has 2 aromatic rings. The number of rotatable bonds is 3. The Labute approximate surface area is 159 Å². The van der Waals surface area contributed by atoms with Crippen LogP contribution in [0.3, 0.4) is 0 Å². The Hall–Kier alpha value is -2.21. The third-order valence-corrected chi connectivity index (χ3v) is 6.09. The van der Waals surface area contributed by atoms with Gasteiger partial charge in [-0.05, 0) is 64.3 Å². The van der Waals surface area contributed by atoms with Gasteiger partial charge < -0.3 is 4.90 Å². The van der Waals surface area contributed by atoms with Crippen LogP contribution in [0.2, 0.25) is 0 Å². The van der Waals surface area contributed by atoms with E-state index in [0.29, 0.717) is 18.1 Å². The number of nitrogens with zero attached hydrogens (tertiary/aromatic N) is 4. The van der Waals surface area contributed by atoms with Gasteiger partial charge in [0.2, 0.25) is 5.91 Å². The zero-order valence-electron chi connectivity index (χ0n) is 16.4. The zero-order chi connectivity index (χ0) is 19.2. The van der Waals surface area contributed by atoms with Gasteiger partial charge in [0.05, 0.1) is 11.1 Å². The molecule has 0 aliphatic carbocycles. The van der Waals surface area contributed by atoms with Gasteiger partial charge in [0.1, 0.15) is 5.65 Å². The lowest BCUT2D eigenvalue weighted by atomic mass is 9.78. The second-order valence-electron chi connectivity index (χ2n) is 8.45. The summed E-state index contributed by atoms with van der Waals surface area (Å²) < 4.78 is 1.58. The highest BCUT2D eigenvalue weighted by molar-refractivity contribution is 5.84. The minimum Gasteiger partial charge on any atom is -0.340 e. The summed E-state index contributed by atoms with van der Waals surface area (Å²) >= 11 is 0. The number of aryl methyl sites for hydroxylation is 1. The Kier molecular flexibility index (Phi) is 4.54. The number of hydrogen-bond donors (Lipinski definition) is 0. The third-order valence-electron chi connectivity index (χ3n) is 6.09. The van der Waals surface area contributed by atoms with Crippen molar-refractivity contribution in [2.24, 2.45) is 5.41 Å². The SMILES string of the molecule is Cc1ccn2c(=O)cc(CN3CC[C@]4(CCCN(C(C)C)C4=O)C3)nc2c1. The summed E-state index contributed by atoms with van der Waals surface area (Å²) in [6.07, 6.45) is 4.72. The maximum atomic E-state index is 13.1. The number of piperidine rings is 1. The topological polar surface area (TPSA) is 57.9 Å². The Morgan fingerprint density at radius 2 is 2.00 bits per heavy atom. The van der Waals surface area contributed by atoms with Crippen molar-refractivity contribution in [2.45, 2.75) is 52.6 Å². The number of fused-ring (bicyclic) bond motifs is 1. The first-order valence-corrected chi connectivity index (χ1v) is 9.90. The van der Waals surface area contributed by atoms with Crippen LogP contribution < -0.4 is 5.56 Å². The van der Waals surface area contributed by atoms with E-state index in [9.17, 15) is 9.59 Å². The summed E-state index contributed by atoms with van der Waals surface area (Å²) in [5.41, 5.74) is 2.26. The van der Waals surface area contributed by atoms with Gasteiger partial charge in [0, 0.05) is 37.9 Å². The van der Waals surface area contributed by atoms with Crippen molar-refractivity contribution in [1.82, 2.24) is 19.2 Å². The van der Waals surface area contributed by atoms with Gasteiger partial charge in [-0.1, -0.05) is 0 Å². The number of aromatic nitrogens is 2. The van der Waals surface area contributed by atoms with Gasteiger partial charge in [-0.25, -0.2) is 4.98 Å². The number of likely N-dealkylation sites (tertiary alicyclic amines) is 2. The molecule has 6 nitrogen and oxygen atoms in total. The van der Waals surface area contributed by atoms with Gasteiger partial charge in [0.25, 0.3) is 5.56 Å². The van der Waals surface area contributed by atoms with Crippen LogP contribution in [0.25, 0.3) is 5.65 Å². The van der Waals surface area contributed by atoms with E-state index in [0.717, 1.165) is 50.2 Å². The molecule has 2 saturated heterocycles. The van der Waals surface area contributed by atoms with E-state index in [-0.39, 0.29) is 17.0 Å². The second kappa shape index (κ2) is 6.75.